The maximum absolute atomic E-state index is 11.7. The topological polar surface area (TPSA) is 72.7 Å². The predicted molar refractivity (Wildman–Crippen MR) is 67.7 cm³/mol. The maximum atomic E-state index is 11.7. The molecule has 1 amide bonds. The highest BCUT2D eigenvalue weighted by atomic mass is 35.5. The molecule has 2 aromatic rings. The largest absolute Gasteiger partial charge is 0.326 e. The molecule has 1 aromatic heterocycles. The maximum Gasteiger partial charge on any atom is 0.228 e. The second kappa shape index (κ2) is 5.59. The Kier molecular flexibility index (Phi) is 3.88. The Morgan fingerprint density at radius 2 is 2.39 bits per heavy atom. The van der Waals surface area contributed by atoms with Crippen LogP contribution in [0.25, 0.3) is 5.69 Å². The van der Waals surface area contributed by atoms with Crippen LogP contribution < -0.4 is 5.32 Å². The van der Waals surface area contributed by atoms with Gasteiger partial charge in [0.25, 0.3) is 0 Å². The van der Waals surface area contributed by atoms with Gasteiger partial charge in [-0.2, -0.15) is 0 Å². The zero-order valence-corrected chi connectivity index (χ0v) is 10.5. The summed E-state index contributed by atoms with van der Waals surface area (Å²) >= 11 is 5.63. The van der Waals surface area contributed by atoms with Crippen molar-refractivity contribution in [3.63, 3.8) is 0 Å². The first-order chi connectivity index (χ1) is 8.70. The van der Waals surface area contributed by atoms with Gasteiger partial charge in [0, 0.05) is 17.5 Å². The number of rotatable bonds is 4. The molecule has 0 bridgehead atoms. The highest BCUT2D eigenvalue weighted by Gasteiger charge is 2.11. The minimum absolute atomic E-state index is 0.112. The third kappa shape index (κ3) is 2.84. The van der Waals surface area contributed by atoms with Crippen LogP contribution in [0.3, 0.4) is 0 Å². The van der Waals surface area contributed by atoms with Gasteiger partial charge < -0.3 is 5.32 Å². The molecule has 94 valence electrons. The fraction of sp³-hybridized carbons (Fsp3) is 0.273. The number of nitrogens with zero attached hydrogens (tertiary/aromatic N) is 4. The van der Waals surface area contributed by atoms with Gasteiger partial charge in [-0.25, -0.2) is 4.68 Å². The number of anilines is 1. The molecule has 1 unspecified atom stereocenters. The highest BCUT2D eigenvalue weighted by molar-refractivity contribution is 6.19. The smallest absolute Gasteiger partial charge is 0.228 e. The number of amides is 1. The number of carbonyl (C=O) groups excluding carboxylic acids is 1. The van der Waals surface area contributed by atoms with Crippen molar-refractivity contribution >= 4 is 23.2 Å². The summed E-state index contributed by atoms with van der Waals surface area (Å²) < 4.78 is 1.51. The van der Waals surface area contributed by atoms with Gasteiger partial charge in [-0.05, 0) is 28.6 Å². The quantitative estimate of drug-likeness (QED) is 0.850. The predicted octanol–water partition coefficient (Wildman–Crippen LogP) is 1.48. The fourth-order valence-electron chi connectivity index (χ4n) is 1.34. The van der Waals surface area contributed by atoms with Crippen LogP contribution in [-0.4, -0.2) is 32.0 Å². The van der Waals surface area contributed by atoms with Crippen molar-refractivity contribution in [3.05, 3.63) is 30.6 Å². The van der Waals surface area contributed by atoms with Crippen LogP contribution in [0.1, 0.15) is 6.92 Å². The van der Waals surface area contributed by atoms with Crippen molar-refractivity contribution in [1.82, 2.24) is 20.2 Å². The monoisotopic (exact) mass is 265 g/mol. The first-order valence-corrected chi connectivity index (χ1v) is 5.94. The lowest BCUT2D eigenvalue weighted by atomic mass is 10.2. The van der Waals surface area contributed by atoms with Gasteiger partial charge in [-0.1, -0.05) is 13.0 Å². The zero-order chi connectivity index (χ0) is 13.0. The molecule has 0 saturated heterocycles. The van der Waals surface area contributed by atoms with E-state index in [4.69, 9.17) is 11.6 Å². The van der Waals surface area contributed by atoms with Gasteiger partial charge in [-0.3, -0.25) is 4.79 Å². The lowest BCUT2D eigenvalue weighted by Crippen LogP contribution is -2.21. The minimum atomic E-state index is -0.233. The molecule has 7 heteroatoms. The summed E-state index contributed by atoms with van der Waals surface area (Å²) in [5.41, 5.74) is 1.46. The number of nitrogens with one attached hydrogen (secondary N) is 1. The molecule has 2 rings (SSSR count). The van der Waals surface area contributed by atoms with E-state index >= 15 is 0 Å². The minimum Gasteiger partial charge on any atom is -0.326 e. The van der Waals surface area contributed by atoms with E-state index in [1.165, 1.54) is 11.0 Å². The Bertz CT molecular complexity index is 528. The van der Waals surface area contributed by atoms with E-state index in [1.54, 1.807) is 19.1 Å². The van der Waals surface area contributed by atoms with Crippen LogP contribution in [-0.2, 0) is 4.79 Å². The molecule has 0 fully saturated rings. The number of tetrazole rings is 1. The van der Waals surface area contributed by atoms with Crippen LogP contribution in [0.4, 0.5) is 5.69 Å². The number of hydrogen-bond acceptors (Lipinski definition) is 4. The van der Waals surface area contributed by atoms with E-state index in [-0.39, 0.29) is 11.8 Å². The normalized spacial score (nSPS) is 12.1. The number of carbonyl (C=O) groups is 1. The molecule has 0 aliphatic carbocycles. The number of halogens is 1. The third-order valence-electron chi connectivity index (χ3n) is 2.41. The molecule has 1 N–H and O–H groups in total. The average molecular weight is 266 g/mol. The fourth-order valence-corrected chi connectivity index (χ4v) is 1.48. The molecule has 0 radical (unpaired) electrons. The molecule has 6 nitrogen and oxygen atoms in total. The van der Waals surface area contributed by atoms with E-state index in [1.807, 2.05) is 12.1 Å². The number of benzene rings is 1. The molecule has 0 spiro atoms. The Morgan fingerprint density at radius 1 is 1.56 bits per heavy atom. The van der Waals surface area contributed by atoms with Crippen molar-refractivity contribution < 1.29 is 4.79 Å². The van der Waals surface area contributed by atoms with Gasteiger partial charge in [-0.15, -0.1) is 16.7 Å². The Labute approximate surface area is 109 Å². The first-order valence-electron chi connectivity index (χ1n) is 5.41. The van der Waals surface area contributed by atoms with E-state index < -0.39 is 0 Å². The van der Waals surface area contributed by atoms with Gasteiger partial charge in [0.15, 0.2) is 0 Å². The van der Waals surface area contributed by atoms with E-state index in [0.29, 0.717) is 11.6 Å². The molecule has 1 atom stereocenters. The Hall–Kier alpha value is -1.95. The molecule has 0 aliphatic heterocycles. The summed E-state index contributed by atoms with van der Waals surface area (Å²) in [6.07, 6.45) is 1.49. The highest BCUT2D eigenvalue weighted by Crippen LogP contribution is 2.14. The van der Waals surface area contributed by atoms with Crippen molar-refractivity contribution in [3.8, 4) is 5.69 Å². The van der Waals surface area contributed by atoms with E-state index in [9.17, 15) is 4.79 Å². The van der Waals surface area contributed by atoms with Crippen LogP contribution in [0.2, 0.25) is 0 Å². The summed E-state index contributed by atoms with van der Waals surface area (Å²) in [5, 5.41) is 13.7. The second-order valence-corrected chi connectivity index (χ2v) is 4.16. The van der Waals surface area contributed by atoms with Gasteiger partial charge >= 0.3 is 0 Å². The van der Waals surface area contributed by atoms with Crippen LogP contribution in [0.15, 0.2) is 30.6 Å². The first kappa shape index (κ1) is 12.5. The standard InChI is InChI=1S/C11H12ClN5O/c1-8(6-12)11(18)14-9-3-2-4-10(5-9)17-7-13-15-16-17/h2-5,7-8H,6H2,1H3,(H,14,18). The number of alkyl halides is 1. The molecule has 18 heavy (non-hydrogen) atoms. The number of hydrogen-bond donors (Lipinski definition) is 1. The molecule has 1 aromatic carbocycles. The van der Waals surface area contributed by atoms with Crippen molar-refractivity contribution in [1.29, 1.82) is 0 Å². The number of aromatic nitrogens is 4. The van der Waals surface area contributed by atoms with Crippen molar-refractivity contribution in [2.45, 2.75) is 6.92 Å². The van der Waals surface area contributed by atoms with Crippen LogP contribution >= 0.6 is 11.6 Å². The Balaban J connectivity index is 2.16. The third-order valence-corrected chi connectivity index (χ3v) is 2.87. The lowest BCUT2D eigenvalue weighted by molar-refractivity contribution is -0.118. The molecular weight excluding hydrogens is 254 g/mol. The molecule has 0 saturated carbocycles. The summed E-state index contributed by atoms with van der Waals surface area (Å²) in [6.45, 7) is 1.77. The SMILES string of the molecule is CC(CCl)C(=O)Nc1cccc(-n2cnnn2)c1. The summed E-state index contributed by atoms with van der Waals surface area (Å²) in [4.78, 5) is 11.7. The second-order valence-electron chi connectivity index (χ2n) is 3.85. The van der Waals surface area contributed by atoms with Gasteiger partial charge in [0.05, 0.1) is 5.69 Å². The average Bonchev–Trinajstić information content (AvgIpc) is 2.92. The molecule has 1 heterocycles. The Morgan fingerprint density at radius 3 is 3.06 bits per heavy atom. The molecular formula is C11H12ClN5O. The summed E-state index contributed by atoms with van der Waals surface area (Å²) in [7, 11) is 0. The van der Waals surface area contributed by atoms with Crippen molar-refractivity contribution in [2.75, 3.05) is 11.2 Å². The zero-order valence-electron chi connectivity index (χ0n) is 9.75. The van der Waals surface area contributed by atoms with Crippen LogP contribution in [0.5, 0.6) is 0 Å². The van der Waals surface area contributed by atoms with E-state index in [2.05, 4.69) is 20.8 Å². The molecule has 0 aliphatic rings. The van der Waals surface area contributed by atoms with E-state index in [0.717, 1.165) is 5.69 Å². The lowest BCUT2D eigenvalue weighted by Gasteiger charge is -2.10. The van der Waals surface area contributed by atoms with Crippen LogP contribution in [0, 0.1) is 5.92 Å². The van der Waals surface area contributed by atoms with Gasteiger partial charge in [0.1, 0.15) is 6.33 Å². The summed E-state index contributed by atoms with van der Waals surface area (Å²) in [5.74, 6) is -0.0550. The van der Waals surface area contributed by atoms with Gasteiger partial charge in [0.2, 0.25) is 5.91 Å². The van der Waals surface area contributed by atoms with Crippen molar-refractivity contribution in [2.24, 2.45) is 5.92 Å². The summed E-state index contributed by atoms with van der Waals surface area (Å²) in [6, 6.07) is 7.25.